The molecule has 6 aromatic carbocycles. The predicted octanol–water partition coefficient (Wildman–Crippen LogP) is 9.70. The first-order valence-corrected chi connectivity index (χ1v) is 15.9. The molecule has 0 unspecified atom stereocenters. The number of anilines is 3. The van der Waals surface area contributed by atoms with Crippen molar-refractivity contribution < 1.29 is 0 Å². The zero-order valence-corrected chi connectivity index (χ0v) is 22.1. The number of benzene rings is 6. The van der Waals surface area contributed by atoms with Gasteiger partial charge in [0.25, 0.3) is 0 Å². The van der Waals surface area contributed by atoms with Gasteiger partial charge in [0.2, 0.25) is 0 Å². The Morgan fingerprint density at radius 2 is 1.19 bits per heavy atom. The first-order chi connectivity index (χ1) is 17.9. The summed E-state index contributed by atoms with van der Waals surface area (Å²) in [6.45, 7) is 22.2. The van der Waals surface area contributed by atoms with Crippen LogP contribution in [-0.4, -0.2) is 8.07 Å². The summed E-state index contributed by atoms with van der Waals surface area (Å²) in [5.41, 5.74) is 3.70. The van der Waals surface area contributed by atoms with Crippen LogP contribution in [0.25, 0.3) is 42.0 Å². The minimum atomic E-state index is -1.46. The highest BCUT2D eigenvalue weighted by Gasteiger charge is 2.21. The standard InChI is InChI=1S/C33H25N3Si/c1-34-29-19-15-26(21-30(29)35-2)36(25-13-16-27(17-14-25)37(3,4)5)31-20-12-24-10-9-22-7-6-8-23-11-18-28(31)33(24)32(22)23/h6-21H,3-5H3. The highest BCUT2D eigenvalue weighted by molar-refractivity contribution is 6.88. The average molecular weight is 492 g/mol. The van der Waals surface area contributed by atoms with Gasteiger partial charge in [-0.2, -0.15) is 0 Å². The molecule has 0 aliphatic rings. The molecule has 0 bridgehead atoms. The van der Waals surface area contributed by atoms with Gasteiger partial charge in [-0.1, -0.05) is 97.6 Å². The lowest BCUT2D eigenvalue weighted by molar-refractivity contribution is 1.30. The van der Waals surface area contributed by atoms with Gasteiger partial charge < -0.3 is 4.90 Å². The van der Waals surface area contributed by atoms with Crippen LogP contribution in [0.3, 0.4) is 0 Å². The van der Waals surface area contributed by atoms with Crippen LogP contribution in [0.15, 0.2) is 97.1 Å². The highest BCUT2D eigenvalue weighted by Crippen LogP contribution is 2.45. The molecular weight excluding hydrogens is 466 g/mol. The third-order valence-corrected chi connectivity index (χ3v) is 9.26. The molecule has 0 N–H and O–H groups in total. The normalized spacial score (nSPS) is 11.6. The molecule has 0 saturated carbocycles. The van der Waals surface area contributed by atoms with E-state index < -0.39 is 8.07 Å². The zero-order valence-electron chi connectivity index (χ0n) is 21.1. The molecule has 3 nitrogen and oxygen atoms in total. The fraction of sp³-hybridized carbons (Fsp3) is 0.0909. The van der Waals surface area contributed by atoms with Crippen LogP contribution in [0, 0.1) is 13.1 Å². The van der Waals surface area contributed by atoms with Crippen molar-refractivity contribution in [3.8, 4) is 0 Å². The van der Waals surface area contributed by atoms with E-state index in [-0.39, 0.29) is 0 Å². The lowest BCUT2D eigenvalue weighted by Gasteiger charge is -2.29. The van der Waals surface area contributed by atoms with E-state index in [2.05, 4.69) is 113 Å². The maximum absolute atomic E-state index is 7.67. The summed E-state index contributed by atoms with van der Waals surface area (Å²) in [6, 6.07) is 34.0. The van der Waals surface area contributed by atoms with Crippen molar-refractivity contribution in [3.05, 3.63) is 120 Å². The Bertz CT molecular complexity index is 1870. The second kappa shape index (κ2) is 8.49. The monoisotopic (exact) mass is 491 g/mol. The number of nitrogens with zero attached hydrogens (tertiary/aromatic N) is 3. The molecule has 37 heavy (non-hydrogen) atoms. The average Bonchev–Trinajstić information content (AvgIpc) is 2.92. The van der Waals surface area contributed by atoms with Crippen LogP contribution in [0.1, 0.15) is 0 Å². The molecule has 0 saturated heterocycles. The van der Waals surface area contributed by atoms with E-state index in [1.165, 1.54) is 32.1 Å². The summed E-state index contributed by atoms with van der Waals surface area (Å²) in [7, 11) is -1.46. The molecule has 0 aliphatic carbocycles. The van der Waals surface area contributed by atoms with E-state index in [1.807, 2.05) is 12.1 Å². The van der Waals surface area contributed by atoms with Crippen LogP contribution in [-0.2, 0) is 0 Å². The fourth-order valence-corrected chi connectivity index (χ4v) is 6.45. The van der Waals surface area contributed by atoms with E-state index >= 15 is 0 Å². The van der Waals surface area contributed by atoms with E-state index in [1.54, 1.807) is 6.07 Å². The molecule has 176 valence electrons. The van der Waals surface area contributed by atoms with Gasteiger partial charge in [0, 0.05) is 16.8 Å². The Morgan fingerprint density at radius 1 is 0.595 bits per heavy atom. The topological polar surface area (TPSA) is 12.0 Å². The van der Waals surface area contributed by atoms with E-state index in [0.29, 0.717) is 11.4 Å². The van der Waals surface area contributed by atoms with Crippen molar-refractivity contribution >= 4 is 74.0 Å². The quantitative estimate of drug-likeness (QED) is 0.136. The molecule has 0 aliphatic heterocycles. The molecule has 0 spiro atoms. The van der Waals surface area contributed by atoms with Gasteiger partial charge in [-0.15, -0.1) is 0 Å². The van der Waals surface area contributed by atoms with Crippen molar-refractivity contribution in [1.29, 1.82) is 0 Å². The summed E-state index contributed by atoms with van der Waals surface area (Å²) in [4.78, 5) is 9.44. The van der Waals surface area contributed by atoms with Gasteiger partial charge in [-0.3, -0.25) is 9.69 Å². The van der Waals surface area contributed by atoms with Gasteiger partial charge in [0.1, 0.15) is 0 Å². The van der Waals surface area contributed by atoms with E-state index in [9.17, 15) is 0 Å². The Kier molecular flexibility index (Phi) is 5.23. The van der Waals surface area contributed by atoms with Crippen molar-refractivity contribution in [2.45, 2.75) is 19.6 Å². The molecule has 0 heterocycles. The third kappa shape index (κ3) is 3.71. The van der Waals surface area contributed by atoms with Crippen LogP contribution >= 0.6 is 0 Å². The molecular formula is C33H25N3Si. The first kappa shape index (κ1) is 22.8. The SMILES string of the molecule is [C-]#[N+]c1ccc(N(c2ccc([Si](C)(C)C)cc2)c2ccc3ccc4cccc5ccc2c3c45)cc1[N+]#[C-]. The third-order valence-electron chi connectivity index (χ3n) is 7.20. The highest BCUT2D eigenvalue weighted by atomic mass is 28.3. The fourth-order valence-electron chi connectivity index (χ4n) is 5.29. The Labute approximate surface area is 218 Å². The van der Waals surface area contributed by atoms with Crippen molar-refractivity contribution in [2.75, 3.05) is 4.90 Å². The van der Waals surface area contributed by atoms with Crippen LogP contribution in [0.4, 0.5) is 28.4 Å². The lowest BCUT2D eigenvalue weighted by atomic mass is 9.93. The lowest BCUT2D eigenvalue weighted by Crippen LogP contribution is -2.37. The van der Waals surface area contributed by atoms with E-state index in [4.69, 9.17) is 13.1 Å². The number of hydrogen-bond acceptors (Lipinski definition) is 1. The molecule has 0 atom stereocenters. The molecule has 6 aromatic rings. The molecule has 0 fully saturated rings. The second-order valence-electron chi connectivity index (χ2n) is 10.5. The first-order valence-electron chi connectivity index (χ1n) is 12.4. The van der Waals surface area contributed by atoms with Gasteiger partial charge in [-0.05, 0) is 51.2 Å². The molecule has 0 radical (unpaired) electrons. The second-order valence-corrected chi connectivity index (χ2v) is 15.5. The predicted molar refractivity (Wildman–Crippen MR) is 160 cm³/mol. The zero-order chi connectivity index (χ0) is 25.7. The number of hydrogen-bond donors (Lipinski definition) is 0. The smallest absolute Gasteiger partial charge is 0.196 e. The summed E-state index contributed by atoms with van der Waals surface area (Å²) in [5.74, 6) is 0. The molecule has 6 rings (SSSR count). The van der Waals surface area contributed by atoms with Gasteiger partial charge in [-0.25, -0.2) is 0 Å². The van der Waals surface area contributed by atoms with Crippen molar-refractivity contribution in [1.82, 2.24) is 0 Å². The summed E-state index contributed by atoms with van der Waals surface area (Å²) < 4.78 is 0. The summed E-state index contributed by atoms with van der Waals surface area (Å²) in [6.07, 6.45) is 0. The maximum atomic E-state index is 7.67. The molecule has 0 aromatic heterocycles. The molecule has 0 amide bonds. The van der Waals surface area contributed by atoms with Crippen LogP contribution in [0.5, 0.6) is 0 Å². The Balaban J connectivity index is 1.66. The van der Waals surface area contributed by atoms with Crippen LogP contribution < -0.4 is 10.1 Å². The van der Waals surface area contributed by atoms with Crippen molar-refractivity contribution in [2.24, 2.45) is 0 Å². The minimum absolute atomic E-state index is 0.369. The largest absolute Gasteiger partial charge is 0.311 e. The number of rotatable bonds is 4. The molecule has 4 heteroatoms. The van der Waals surface area contributed by atoms with Gasteiger partial charge in [0.15, 0.2) is 11.4 Å². The van der Waals surface area contributed by atoms with Crippen molar-refractivity contribution in [3.63, 3.8) is 0 Å². The summed E-state index contributed by atoms with van der Waals surface area (Å²) in [5, 5.41) is 8.76. The van der Waals surface area contributed by atoms with Crippen LogP contribution in [0.2, 0.25) is 19.6 Å². The summed E-state index contributed by atoms with van der Waals surface area (Å²) >= 11 is 0. The maximum Gasteiger partial charge on any atom is 0.196 e. The van der Waals surface area contributed by atoms with Gasteiger partial charge >= 0.3 is 0 Å². The Hall–Kier alpha value is -4.64. The van der Waals surface area contributed by atoms with Gasteiger partial charge in [0.05, 0.1) is 26.9 Å². The minimum Gasteiger partial charge on any atom is -0.311 e. The Morgan fingerprint density at radius 3 is 1.84 bits per heavy atom. The van der Waals surface area contributed by atoms with E-state index in [0.717, 1.165) is 22.4 Å².